The highest BCUT2D eigenvalue weighted by Crippen LogP contribution is 2.39. The van der Waals surface area contributed by atoms with E-state index < -0.39 is 0 Å². The lowest BCUT2D eigenvalue weighted by Gasteiger charge is -2.40. The van der Waals surface area contributed by atoms with E-state index in [9.17, 15) is 9.59 Å². The number of carbonyl (C=O) groups is 2. The number of esters is 1. The number of nitrogens with zero attached hydrogens (tertiary/aromatic N) is 3. The van der Waals surface area contributed by atoms with E-state index >= 15 is 0 Å². The van der Waals surface area contributed by atoms with E-state index in [0.29, 0.717) is 32.0 Å². The predicted octanol–water partition coefficient (Wildman–Crippen LogP) is 2.59. The van der Waals surface area contributed by atoms with Crippen LogP contribution < -0.4 is 5.32 Å². The number of hydrogen-bond acceptors (Lipinski definition) is 6. The van der Waals surface area contributed by atoms with Crippen LogP contribution in [0.2, 0.25) is 0 Å². The molecular formula is C23H33N5O4. The van der Waals surface area contributed by atoms with Crippen LogP contribution in [0.5, 0.6) is 0 Å². The second kappa shape index (κ2) is 9.44. The Bertz CT molecular complexity index is 981. The fourth-order valence-electron chi connectivity index (χ4n) is 4.96. The van der Waals surface area contributed by atoms with Gasteiger partial charge in [0, 0.05) is 25.4 Å². The zero-order chi connectivity index (χ0) is 22.7. The molecule has 1 fully saturated rings. The minimum atomic E-state index is -0.335. The zero-order valence-electron chi connectivity index (χ0n) is 19.2. The zero-order valence-corrected chi connectivity index (χ0v) is 19.2. The van der Waals surface area contributed by atoms with Gasteiger partial charge in [-0.3, -0.25) is 14.6 Å². The Hall–Kier alpha value is -2.68. The van der Waals surface area contributed by atoms with Gasteiger partial charge in [-0.15, -0.1) is 0 Å². The Labute approximate surface area is 188 Å². The minimum absolute atomic E-state index is 0.0287. The second-order valence-corrected chi connectivity index (χ2v) is 8.95. The van der Waals surface area contributed by atoms with Crippen molar-refractivity contribution in [3.05, 3.63) is 34.4 Å². The second-order valence-electron chi connectivity index (χ2n) is 8.95. The van der Waals surface area contributed by atoms with Gasteiger partial charge in [0.1, 0.15) is 5.69 Å². The van der Waals surface area contributed by atoms with Crippen LogP contribution in [0.25, 0.3) is 0 Å². The number of amides is 1. The molecule has 0 radical (unpaired) electrons. The van der Waals surface area contributed by atoms with Crippen molar-refractivity contribution in [1.82, 2.24) is 25.3 Å². The van der Waals surface area contributed by atoms with E-state index in [0.717, 1.165) is 61.2 Å². The maximum atomic E-state index is 12.6. The SMILES string of the molecule is CCc1n[nH]c2c1C(=O)NCC1(CCOC(CCCOC(=O)c3cc(C)nn3CC)C1)C2. The molecule has 32 heavy (non-hydrogen) atoms. The largest absolute Gasteiger partial charge is 0.461 e. The van der Waals surface area contributed by atoms with Crippen LogP contribution in [0.15, 0.2) is 6.07 Å². The number of hydrogen-bond donors (Lipinski definition) is 2. The van der Waals surface area contributed by atoms with Crippen LogP contribution >= 0.6 is 0 Å². The number of ether oxygens (including phenoxy) is 2. The van der Waals surface area contributed by atoms with Gasteiger partial charge < -0.3 is 14.8 Å². The third-order valence-corrected chi connectivity index (χ3v) is 6.61. The van der Waals surface area contributed by atoms with Gasteiger partial charge in [-0.05, 0) is 63.9 Å². The first-order valence-electron chi connectivity index (χ1n) is 11.6. The van der Waals surface area contributed by atoms with Crippen molar-refractivity contribution in [2.24, 2.45) is 5.41 Å². The summed E-state index contributed by atoms with van der Waals surface area (Å²) in [4.78, 5) is 25.0. The van der Waals surface area contributed by atoms with Crippen LogP contribution in [0.4, 0.5) is 0 Å². The Morgan fingerprint density at radius 3 is 3.03 bits per heavy atom. The molecule has 2 atom stereocenters. The summed E-state index contributed by atoms with van der Waals surface area (Å²) in [6.07, 6.45) is 4.91. The monoisotopic (exact) mass is 443 g/mol. The highest BCUT2D eigenvalue weighted by Gasteiger charge is 2.41. The molecule has 2 unspecified atom stereocenters. The van der Waals surface area contributed by atoms with E-state index in [1.807, 2.05) is 20.8 Å². The topological polar surface area (TPSA) is 111 Å². The lowest BCUT2D eigenvalue weighted by molar-refractivity contribution is -0.0531. The average Bonchev–Trinajstić information content (AvgIpc) is 3.34. The smallest absolute Gasteiger partial charge is 0.356 e. The Kier molecular flexibility index (Phi) is 6.64. The quantitative estimate of drug-likeness (QED) is 0.503. The van der Waals surface area contributed by atoms with Crippen molar-refractivity contribution in [2.75, 3.05) is 19.8 Å². The highest BCUT2D eigenvalue weighted by atomic mass is 16.5. The molecule has 0 aliphatic carbocycles. The highest BCUT2D eigenvalue weighted by molar-refractivity contribution is 5.96. The maximum Gasteiger partial charge on any atom is 0.356 e. The molecule has 2 N–H and O–H groups in total. The average molecular weight is 444 g/mol. The van der Waals surface area contributed by atoms with E-state index in [-0.39, 0.29) is 23.4 Å². The van der Waals surface area contributed by atoms with Crippen molar-refractivity contribution >= 4 is 11.9 Å². The van der Waals surface area contributed by atoms with Crippen molar-refractivity contribution < 1.29 is 19.1 Å². The Morgan fingerprint density at radius 2 is 2.25 bits per heavy atom. The summed E-state index contributed by atoms with van der Waals surface area (Å²) < 4.78 is 13.2. The standard InChI is InChI=1S/C23H33N5O4/c1-4-17-20-18(26-25-17)13-23(14-24-21(20)29)8-10-31-16(12-23)7-6-9-32-22(30)19-11-15(3)27-28(19)5-2/h11,16H,4-10,12-14H2,1-3H3,(H,24,29)(H,25,26). The van der Waals surface area contributed by atoms with Gasteiger partial charge in [-0.1, -0.05) is 6.92 Å². The van der Waals surface area contributed by atoms with Gasteiger partial charge in [0.25, 0.3) is 5.91 Å². The first-order valence-corrected chi connectivity index (χ1v) is 11.6. The molecule has 0 aromatic carbocycles. The number of aromatic nitrogens is 4. The van der Waals surface area contributed by atoms with E-state index in [1.165, 1.54) is 0 Å². The van der Waals surface area contributed by atoms with Crippen molar-refractivity contribution in [1.29, 1.82) is 0 Å². The van der Waals surface area contributed by atoms with Crippen molar-refractivity contribution in [3.63, 3.8) is 0 Å². The van der Waals surface area contributed by atoms with Gasteiger partial charge >= 0.3 is 5.97 Å². The van der Waals surface area contributed by atoms with Crippen molar-refractivity contribution in [3.8, 4) is 0 Å². The van der Waals surface area contributed by atoms with E-state index in [2.05, 4.69) is 20.6 Å². The van der Waals surface area contributed by atoms with Crippen LogP contribution in [-0.2, 0) is 28.9 Å². The summed E-state index contributed by atoms with van der Waals surface area (Å²) in [6.45, 7) is 8.12. The molecule has 1 spiro atoms. The van der Waals surface area contributed by atoms with Crippen LogP contribution in [0, 0.1) is 12.3 Å². The van der Waals surface area contributed by atoms with Gasteiger partial charge in [0.05, 0.1) is 29.7 Å². The van der Waals surface area contributed by atoms with Crippen LogP contribution in [0.1, 0.15) is 77.5 Å². The molecule has 4 heterocycles. The summed E-state index contributed by atoms with van der Waals surface area (Å²) in [5.74, 6) is -0.363. The van der Waals surface area contributed by atoms with Gasteiger partial charge in [-0.2, -0.15) is 10.2 Å². The molecule has 2 aromatic rings. The van der Waals surface area contributed by atoms with Crippen LogP contribution in [-0.4, -0.2) is 57.7 Å². The Morgan fingerprint density at radius 1 is 1.41 bits per heavy atom. The van der Waals surface area contributed by atoms with Gasteiger partial charge in [0.15, 0.2) is 0 Å². The Balaban J connectivity index is 1.31. The lowest BCUT2D eigenvalue weighted by atomic mass is 9.73. The number of fused-ring (bicyclic) bond motifs is 1. The lowest BCUT2D eigenvalue weighted by Crippen LogP contribution is -2.43. The molecular weight excluding hydrogens is 410 g/mol. The fourth-order valence-corrected chi connectivity index (χ4v) is 4.96. The number of nitrogens with one attached hydrogen (secondary N) is 2. The molecule has 2 aliphatic rings. The van der Waals surface area contributed by atoms with E-state index in [4.69, 9.17) is 9.47 Å². The molecule has 0 bridgehead atoms. The third-order valence-electron chi connectivity index (χ3n) is 6.61. The predicted molar refractivity (Wildman–Crippen MR) is 118 cm³/mol. The minimum Gasteiger partial charge on any atom is -0.461 e. The maximum absolute atomic E-state index is 12.6. The molecule has 2 aliphatic heterocycles. The normalized spacial score (nSPS) is 23.0. The molecule has 0 saturated carbocycles. The number of aryl methyl sites for hydroxylation is 3. The first kappa shape index (κ1) is 22.5. The number of carbonyl (C=O) groups excluding carboxylic acids is 2. The fraction of sp³-hybridized carbons (Fsp3) is 0.652. The molecule has 2 aromatic heterocycles. The summed E-state index contributed by atoms with van der Waals surface area (Å²) in [5.41, 5.74) is 3.76. The molecule has 174 valence electrons. The molecule has 4 rings (SSSR count). The van der Waals surface area contributed by atoms with Gasteiger partial charge in [-0.25, -0.2) is 4.79 Å². The third kappa shape index (κ3) is 4.57. The van der Waals surface area contributed by atoms with Crippen LogP contribution in [0.3, 0.4) is 0 Å². The number of H-pyrrole nitrogens is 1. The molecule has 9 heteroatoms. The molecule has 1 saturated heterocycles. The van der Waals surface area contributed by atoms with Gasteiger partial charge in [0.2, 0.25) is 0 Å². The summed E-state index contributed by atoms with van der Waals surface area (Å²) in [5, 5.41) is 14.9. The molecule has 1 amide bonds. The summed E-state index contributed by atoms with van der Waals surface area (Å²) in [6, 6.07) is 1.76. The molecule has 9 nitrogen and oxygen atoms in total. The first-order chi connectivity index (χ1) is 15.4. The number of rotatable bonds is 7. The summed E-state index contributed by atoms with van der Waals surface area (Å²) >= 11 is 0. The van der Waals surface area contributed by atoms with Crippen molar-refractivity contribution in [2.45, 2.75) is 71.9 Å². The van der Waals surface area contributed by atoms with E-state index in [1.54, 1.807) is 10.7 Å². The number of aromatic amines is 1. The summed E-state index contributed by atoms with van der Waals surface area (Å²) in [7, 11) is 0.